The largest absolute Gasteiger partial charge is 0.398 e. The lowest BCUT2D eigenvalue weighted by Gasteiger charge is -2.30. The first-order valence-electron chi connectivity index (χ1n) is 7.27. The molecule has 0 saturated heterocycles. The number of fused-ring (bicyclic) bond motifs is 2. The Bertz CT molecular complexity index is 810. The van der Waals surface area contributed by atoms with E-state index in [-0.39, 0.29) is 0 Å². The summed E-state index contributed by atoms with van der Waals surface area (Å²) in [4.78, 5) is 4.16. The van der Waals surface area contributed by atoms with Gasteiger partial charge in [-0.05, 0) is 35.7 Å². The van der Waals surface area contributed by atoms with E-state index in [1.54, 1.807) is 0 Å². The van der Waals surface area contributed by atoms with E-state index in [9.17, 15) is 0 Å². The normalized spacial score (nSPS) is 16.3. The molecule has 0 spiro atoms. The first-order chi connectivity index (χ1) is 10.3. The first-order valence-corrected chi connectivity index (χ1v) is 7.27. The van der Waals surface area contributed by atoms with Crippen LogP contribution in [0.3, 0.4) is 0 Å². The van der Waals surface area contributed by atoms with Crippen LogP contribution in [-0.4, -0.2) is 11.5 Å². The van der Waals surface area contributed by atoms with Crippen molar-refractivity contribution >= 4 is 22.1 Å². The molecule has 0 bridgehead atoms. The third-order valence-electron chi connectivity index (χ3n) is 4.35. The molecule has 1 atom stereocenters. The number of hydrogen-bond donors (Lipinski definition) is 2. The van der Waals surface area contributed by atoms with Gasteiger partial charge in [0.2, 0.25) is 0 Å². The molecule has 1 aliphatic carbocycles. The zero-order valence-corrected chi connectivity index (χ0v) is 11.7. The van der Waals surface area contributed by atoms with Crippen LogP contribution in [0.15, 0.2) is 54.9 Å². The summed E-state index contributed by atoms with van der Waals surface area (Å²) in [5.41, 5.74) is 10.9. The molecule has 3 nitrogen and oxygen atoms in total. The summed E-state index contributed by atoms with van der Waals surface area (Å²) < 4.78 is 0. The van der Waals surface area contributed by atoms with Crippen LogP contribution in [0, 0.1) is 0 Å². The highest BCUT2D eigenvalue weighted by Crippen LogP contribution is 2.35. The van der Waals surface area contributed by atoms with Crippen molar-refractivity contribution in [3.8, 4) is 0 Å². The molecule has 3 aromatic rings. The number of hydrogen-bond acceptors (Lipinski definition) is 3. The number of pyridine rings is 1. The molecule has 1 aliphatic rings. The van der Waals surface area contributed by atoms with E-state index in [1.807, 2.05) is 24.5 Å². The number of anilines is 2. The van der Waals surface area contributed by atoms with E-state index < -0.39 is 0 Å². The van der Waals surface area contributed by atoms with Gasteiger partial charge in [-0.15, -0.1) is 0 Å². The Hall–Kier alpha value is -2.55. The summed E-state index contributed by atoms with van der Waals surface area (Å²) in [6.45, 7) is 0.957. The van der Waals surface area contributed by atoms with Gasteiger partial charge in [0.15, 0.2) is 0 Å². The van der Waals surface area contributed by atoms with E-state index >= 15 is 0 Å². The lowest BCUT2D eigenvalue weighted by Crippen LogP contribution is -2.24. The fourth-order valence-electron chi connectivity index (χ4n) is 3.14. The highest BCUT2D eigenvalue weighted by atomic mass is 14.9. The first kappa shape index (κ1) is 12.2. The van der Waals surface area contributed by atoms with Crippen LogP contribution in [0.1, 0.15) is 17.0 Å². The topological polar surface area (TPSA) is 50.9 Å². The third kappa shape index (κ3) is 2.02. The van der Waals surface area contributed by atoms with Gasteiger partial charge in [-0.1, -0.05) is 24.3 Å². The van der Waals surface area contributed by atoms with Crippen LogP contribution < -0.4 is 11.1 Å². The number of nitrogens with two attached hydrogens (primary N) is 1. The summed E-state index contributed by atoms with van der Waals surface area (Å²) in [5.74, 6) is 0.607. The molecule has 104 valence electrons. The lowest BCUT2D eigenvalue weighted by molar-refractivity contribution is 0.636. The maximum absolute atomic E-state index is 6.01. The quantitative estimate of drug-likeness (QED) is 0.718. The molecule has 1 aromatic heterocycles. The number of nitrogen functional groups attached to an aromatic ring is 1. The second-order valence-corrected chi connectivity index (χ2v) is 5.60. The Morgan fingerprint density at radius 2 is 2.00 bits per heavy atom. The molecule has 21 heavy (non-hydrogen) atoms. The van der Waals surface area contributed by atoms with Gasteiger partial charge in [0.05, 0.1) is 0 Å². The minimum Gasteiger partial charge on any atom is -0.398 e. The van der Waals surface area contributed by atoms with Crippen LogP contribution in [-0.2, 0) is 6.42 Å². The molecule has 1 unspecified atom stereocenters. The molecule has 4 rings (SSSR count). The predicted octanol–water partition coefficient (Wildman–Crippen LogP) is 3.57. The Morgan fingerprint density at radius 3 is 2.90 bits per heavy atom. The van der Waals surface area contributed by atoms with Crippen molar-refractivity contribution in [2.45, 2.75) is 12.3 Å². The van der Waals surface area contributed by atoms with Gasteiger partial charge in [0.1, 0.15) is 0 Å². The molecular formula is C18H17N3. The van der Waals surface area contributed by atoms with Crippen LogP contribution >= 0.6 is 0 Å². The van der Waals surface area contributed by atoms with Gasteiger partial charge in [-0.2, -0.15) is 0 Å². The number of nitrogens with zero attached hydrogens (tertiary/aromatic N) is 1. The minimum atomic E-state index is 0.607. The van der Waals surface area contributed by atoms with E-state index in [0.717, 1.165) is 35.1 Å². The number of aromatic nitrogens is 1. The predicted molar refractivity (Wildman–Crippen MR) is 87.5 cm³/mol. The Labute approximate surface area is 123 Å². The van der Waals surface area contributed by atoms with Crippen LogP contribution in [0.25, 0.3) is 10.8 Å². The Kier molecular flexibility index (Phi) is 2.78. The van der Waals surface area contributed by atoms with Crippen LogP contribution in [0.4, 0.5) is 11.4 Å². The molecule has 0 amide bonds. The third-order valence-corrected chi connectivity index (χ3v) is 4.35. The van der Waals surface area contributed by atoms with Crippen molar-refractivity contribution in [1.29, 1.82) is 0 Å². The van der Waals surface area contributed by atoms with Crippen molar-refractivity contribution in [1.82, 2.24) is 4.98 Å². The summed E-state index contributed by atoms with van der Waals surface area (Å²) in [6, 6.07) is 14.7. The van der Waals surface area contributed by atoms with E-state index in [1.165, 1.54) is 11.1 Å². The van der Waals surface area contributed by atoms with Crippen molar-refractivity contribution < 1.29 is 0 Å². The van der Waals surface area contributed by atoms with Gasteiger partial charge in [-0.3, -0.25) is 4.98 Å². The smallest absolute Gasteiger partial charge is 0.0422 e. The standard InChI is InChI=1S/C18H17N3/c19-17-5-6-18(15-7-8-20-11-16(15)17)21-10-13-9-12-3-1-2-4-14(12)13/h1-8,11,13,21H,9-10,19H2. The van der Waals surface area contributed by atoms with Gasteiger partial charge >= 0.3 is 0 Å². The average molecular weight is 275 g/mol. The zero-order valence-electron chi connectivity index (χ0n) is 11.7. The molecule has 0 radical (unpaired) electrons. The lowest BCUT2D eigenvalue weighted by atomic mass is 9.77. The maximum Gasteiger partial charge on any atom is 0.0422 e. The van der Waals surface area contributed by atoms with E-state index in [2.05, 4.69) is 40.6 Å². The second kappa shape index (κ2) is 4.77. The van der Waals surface area contributed by atoms with Crippen molar-refractivity contribution in [3.63, 3.8) is 0 Å². The summed E-state index contributed by atoms with van der Waals surface area (Å²) >= 11 is 0. The van der Waals surface area contributed by atoms with E-state index in [4.69, 9.17) is 5.73 Å². The molecular weight excluding hydrogens is 258 g/mol. The zero-order chi connectivity index (χ0) is 14.2. The van der Waals surface area contributed by atoms with Gasteiger partial charge in [-0.25, -0.2) is 0 Å². The molecule has 0 saturated carbocycles. The molecule has 0 aliphatic heterocycles. The van der Waals surface area contributed by atoms with E-state index in [0.29, 0.717) is 5.92 Å². The fourth-order valence-corrected chi connectivity index (χ4v) is 3.14. The molecule has 2 aromatic carbocycles. The number of nitrogens with one attached hydrogen (secondary N) is 1. The fraction of sp³-hybridized carbons (Fsp3) is 0.167. The minimum absolute atomic E-state index is 0.607. The highest BCUT2D eigenvalue weighted by Gasteiger charge is 2.24. The number of rotatable bonds is 3. The summed E-state index contributed by atoms with van der Waals surface area (Å²) in [6.07, 6.45) is 4.80. The number of benzene rings is 2. The second-order valence-electron chi connectivity index (χ2n) is 5.60. The van der Waals surface area contributed by atoms with Crippen molar-refractivity contribution in [2.24, 2.45) is 0 Å². The summed E-state index contributed by atoms with van der Waals surface area (Å²) in [7, 11) is 0. The molecule has 1 heterocycles. The maximum atomic E-state index is 6.01. The van der Waals surface area contributed by atoms with Gasteiger partial charge in [0, 0.05) is 47.0 Å². The molecule has 3 N–H and O–H groups in total. The SMILES string of the molecule is Nc1ccc(NCC2Cc3ccccc32)c2ccncc12. The molecule has 0 fully saturated rings. The average Bonchev–Trinajstić information content (AvgIpc) is 2.50. The highest BCUT2D eigenvalue weighted by molar-refractivity contribution is 6.00. The van der Waals surface area contributed by atoms with Gasteiger partial charge in [0.25, 0.3) is 0 Å². The van der Waals surface area contributed by atoms with Crippen LogP contribution in [0.5, 0.6) is 0 Å². The monoisotopic (exact) mass is 275 g/mol. The molecule has 3 heteroatoms. The Morgan fingerprint density at radius 1 is 1.10 bits per heavy atom. The van der Waals surface area contributed by atoms with Gasteiger partial charge < -0.3 is 11.1 Å². The Balaban J connectivity index is 1.58. The van der Waals surface area contributed by atoms with Crippen molar-refractivity contribution in [3.05, 3.63) is 66.0 Å². The van der Waals surface area contributed by atoms with Crippen LogP contribution in [0.2, 0.25) is 0 Å². The summed E-state index contributed by atoms with van der Waals surface area (Å²) in [5, 5.41) is 5.72. The van der Waals surface area contributed by atoms with Crippen molar-refractivity contribution in [2.75, 3.05) is 17.6 Å².